The summed E-state index contributed by atoms with van der Waals surface area (Å²) in [5, 5.41) is 9.93. The third kappa shape index (κ3) is 7.21. The summed E-state index contributed by atoms with van der Waals surface area (Å²) in [7, 11) is 1.69. The van der Waals surface area contributed by atoms with Gasteiger partial charge in [0, 0.05) is 29.6 Å². The standard InChI is InChI=1S/C18H29ClN4O/c1-17(2,3)23-15(24)11-21-16(20-6)22-12-18(4,5)13-7-9-14(19)10-8-13/h7-10H,11-12H2,1-6H3,(H,23,24)(H2,20,21,22). The van der Waals surface area contributed by atoms with Crippen LogP contribution in [0.15, 0.2) is 29.3 Å². The molecule has 1 rings (SSSR count). The number of hydrogen-bond acceptors (Lipinski definition) is 2. The van der Waals surface area contributed by atoms with Gasteiger partial charge in [-0.3, -0.25) is 9.79 Å². The minimum Gasteiger partial charge on any atom is -0.356 e. The lowest BCUT2D eigenvalue weighted by atomic mass is 9.85. The number of nitrogens with zero attached hydrogens (tertiary/aromatic N) is 1. The number of benzene rings is 1. The number of nitrogens with one attached hydrogen (secondary N) is 3. The highest BCUT2D eigenvalue weighted by Gasteiger charge is 2.21. The number of rotatable bonds is 5. The second kappa shape index (κ2) is 8.38. The highest BCUT2D eigenvalue weighted by Crippen LogP contribution is 2.23. The first kappa shape index (κ1) is 20.3. The van der Waals surface area contributed by atoms with Crippen molar-refractivity contribution < 1.29 is 4.79 Å². The van der Waals surface area contributed by atoms with Crippen LogP contribution in [0.1, 0.15) is 40.2 Å². The average molecular weight is 353 g/mol. The molecule has 6 heteroatoms. The number of carbonyl (C=O) groups is 1. The van der Waals surface area contributed by atoms with E-state index < -0.39 is 0 Å². The van der Waals surface area contributed by atoms with Gasteiger partial charge in [-0.25, -0.2) is 0 Å². The zero-order valence-corrected chi connectivity index (χ0v) is 16.2. The lowest BCUT2D eigenvalue weighted by Crippen LogP contribution is -2.49. The van der Waals surface area contributed by atoms with Crippen molar-refractivity contribution in [1.82, 2.24) is 16.0 Å². The number of amides is 1. The van der Waals surface area contributed by atoms with Crippen molar-refractivity contribution in [2.75, 3.05) is 20.1 Å². The molecule has 0 aliphatic heterocycles. The fourth-order valence-electron chi connectivity index (χ4n) is 2.15. The Morgan fingerprint density at radius 3 is 2.17 bits per heavy atom. The molecule has 1 amide bonds. The molecule has 24 heavy (non-hydrogen) atoms. The van der Waals surface area contributed by atoms with Crippen LogP contribution in [0.5, 0.6) is 0 Å². The molecule has 0 aliphatic rings. The SMILES string of the molecule is CN=C(NCC(=O)NC(C)(C)C)NCC(C)(C)c1ccc(Cl)cc1. The van der Waals surface area contributed by atoms with E-state index in [0.29, 0.717) is 12.5 Å². The average Bonchev–Trinajstić information content (AvgIpc) is 2.46. The summed E-state index contributed by atoms with van der Waals surface area (Å²) < 4.78 is 0. The third-order valence-electron chi connectivity index (χ3n) is 3.48. The Morgan fingerprint density at radius 1 is 1.08 bits per heavy atom. The van der Waals surface area contributed by atoms with Gasteiger partial charge >= 0.3 is 0 Å². The smallest absolute Gasteiger partial charge is 0.239 e. The minimum atomic E-state index is -0.244. The first-order valence-corrected chi connectivity index (χ1v) is 8.43. The van der Waals surface area contributed by atoms with Gasteiger partial charge in [0.2, 0.25) is 5.91 Å². The largest absolute Gasteiger partial charge is 0.356 e. The van der Waals surface area contributed by atoms with Crippen LogP contribution in [0.4, 0.5) is 0 Å². The van der Waals surface area contributed by atoms with Crippen molar-refractivity contribution in [1.29, 1.82) is 0 Å². The number of halogens is 1. The van der Waals surface area contributed by atoms with Crippen LogP contribution >= 0.6 is 11.6 Å². The van der Waals surface area contributed by atoms with Gasteiger partial charge in [0.25, 0.3) is 0 Å². The Labute approximate surface area is 150 Å². The maximum absolute atomic E-state index is 11.9. The maximum Gasteiger partial charge on any atom is 0.239 e. The van der Waals surface area contributed by atoms with Gasteiger partial charge < -0.3 is 16.0 Å². The number of guanidine groups is 1. The molecule has 0 saturated carbocycles. The fraction of sp³-hybridized carbons (Fsp3) is 0.556. The van der Waals surface area contributed by atoms with E-state index in [2.05, 4.69) is 34.8 Å². The summed E-state index contributed by atoms with van der Waals surface area (Å²) in [6, 6.07) is 7.83. The van der Waals surface area contributed by atoms with Gasteiger partial charge in [0.1, 0.15) is 0 Å². The Morgan fingerprint density at radius 2 is 1.67 bits per heavy atom. The first-order valence-electron chi connectivity index (χ1n) is 8.05. The molecule has 1 aromatic carbocycles. The molecule has 0 spiro atoms. The van der Waals surface area contributed by atoms with E-state index in [1.54, 1.807) is 7.05 Å². The van der Waals surface area contributed by atoms with Crippen molar-refractivity contribution in [2.45, 2.75) is 45.6 Å². The molecule has 0 saturated heterocycles. The normalized spacial score (nSPS) is 12.7. The zero-order valence-electron chi connectivity index (χ0n) is 15.5. The van der Waals surface area contributed by atoms with Crippen molar-refractivity contribution in [3.8, 4) is 0 Å². The van der Waals surface area contributed by atoms with E-state index in [0.717, 1.165) is 5.02 Å². The monoisotopic (exact) mass is 352 g/mol. The van der Waals surface area contributed by atoms with E-state index >= 15 is 0 Å². The van der Waals surface area contributed by atoms with Gasteiger partial charge in [0.15, 0.2) is 5.96 Å². The van der Waals surface area contributed by atoms with Crippen molar-refractivity contribution >= 4 is 23.5 Å². The Hall–Kier alpha value is -1.75. The van der Waals surface area contributed by atoms with Crippen molar-refractivity contribution in [3.05, 3.63) is 34.9 Å². The van der Waals surface area contributed by atoms with Crippen LogP contribution in [0.2, 0.25) is 5.02 Å². The third-order valence-corrected chi connectivity index (χ3v) is 3.73. The van der Waals surface area contributed by atoms with Crippen LogP contribution in [0.25, 0.3) is 0 Å². The van der Waals surface area contributed by atoms with E-state index in [-0.39, 0.29) is 23.4 Å². The highest BCUT2D eigenvalue weighted by molar-refractivity contribution is 6.30. The number of hydrogen-bond donors (Lipinski definition) is 3. The molecular formula is C18H29ClN4O. The van der Waals surface area contributed by atoms with Crippen LogP contribution in [-0.2, 0) is 10.2 Å². The summed E-state index contributed by atoms with van der Waals surface area (Å²) in [5.41, 5.74) is 0.836. The summed E-state index contributed by atoms with van der Waals surface area (Å²) in [4.78, 5) is 16.0. The van der Waals surface area contributed by atoms with Gasteiger partial charge in [-0.15, -0.1) is 0 Å². The Kier molecular flexibility index (Phi) is 7.08. The number of carbonyl (C=O) groups excluding carboxylic acids is 1. The minimum absolute atomic E-state index is 0.0672. The topological polar surface area (TPSA) is 65.5 Å². The second-order valence-corrected chi connectivity index (χ2v) is 7.90. The van der Waals surface area contributed by atoms with Gasteiger partial charge in [0.05, 0.1) is 6.54 Å². The van der Waals surface area contributed by atoms with Crippen LogP contribution < -0.4 is 16.0 Å². The van der Waals surface area contributed by atoms with E-state index in [1.165, 1.54) is 5.56 Å². The molecule has 0 radical (unpaired) electrons. The lowest BCUT2D eigenvalue weighted by molar-refractivity contribution is -0.121. The van der Waals surface area contributed by atoms with Crippen molar-refractivity contribution in [2.24, 2.45) is 4.99 Å². The van der Waals surface area contributed by atoms with Crippen LogP contribution in [0.3, 0.4) is 0 Å². The van der Waals surface area contributed by atoms with Gasteiger partial charge in [-0.1, -0.05) is 37.6 Å². The molecule has 0 heterocycles. The quantitative estimate of drug-likeness (QED) is 0.564. The summed E-state index contributed by atoms with van der Waals surface area (Å²) in [5.74, 6) is 0.531. The molecular weight excluding hydrogens is 324 g/mol. The first-order chi connectivity index (χ1) is 11.0. The van der Waals surface area contributed by atoms with Crippen LogP contribution in [-0.4, -0.2) is 37.5 Å². The predicted molar refractivity (Wildman–Crippen MR) is 102 cm³/mol. The molecule has 0 atom stereocenters. The highest BCUT2D eigenvalue weighted by atomic mass is 35.5. The van der Waals surface area contributed by atoms with Crippen LogP contribution in [0, 0.1) is 0 Å². The molecule has 134 valence electrons. The van der Waals surface area contributed by atoms with Gasteiger partial charge in [-0.2, -0.15) is 0 Å². The predicted octanol–water partition coefficient (Wildman–Crippen LogP) is 2.70. The maximum atomic E-state index is 11.9. The molecule has 3 N–H and O–H groups in total. The Bertz CT molecular complexity index is 574. The Balaban J connectivity index is 2.54. The molecule has 0 unspecified atom stereocenters. The summed E-state index contributed by atoms with van der Waals surface area (Å²) >= 11 is 5.95. The fourth-order valence-corrected chi connectivity index (χ4v) is 2.28. The molecule has 5 nitrogen and oxygen atoms in total. The second-order valence-electron chi connectivity index (χ2n) is 7.47. The van der Waals surface area contributed by atoms with E-state index in [1.807, 2.05) is 45.0 Å². The van der Waals surface area contributed by atoms with E-state index in [9.17, 15) is 4.79 Å². The molecule has 0 fully saturated rings. The summed E-state index contributed by atoms with van der Waals surface area (Å²) in [6.45, 7) is 11.0. The molecule has 0 aromatic heterocycles. The molecule has 0 aliphatic carbocycles. The summed E-state index contributed by atoms with van der Waals surface area (Å²) in [6.07, 6.45) is 0. The molecule has 1 aromatic rings. The molecule has 0 bridgehead atoms. The zero-order chi connectivity index (χ0) is 18.4. The number of aliphatic imine (C=N–C) groups is 1. The van der Waals surface area contributed by atoms with Gasteiger partial charge in [-0.05, 0) is 38.5 Å². The lowest BCUT2D eigenvalue weighted by Gasteiger charge is -2.27. The van der Waals surface area contributed by atoms with Crippen molar-refractivity contribution in [3.63, 3.8) is 0 Å². The van der Waals surface area contributed by atoms with E-state index in [4.69, 9.17) is 11.6 Å².